The van der Waals surface area contributed by atoms with Gasteiger partial charge in [-0.25, -0.2) is 8.78 Å². The maximum absolute atomic E-state index is 12.9. The van der Waals surface area contributed by atoms with E-state index in [1.165, 1.54) is 6.42 Å². The number of hydrogen-bond acceptors (Lipinski definition) is 1. The summed E-state index contributed by atoms with van der Waals surface area (Å²) in [7, 11) is 0. The van der Waals surface area contributed by atoms with Crippen LogP contribution in [0.15, 0.2) is 0 Å². The highest BCUT2D eigenvalue weighted by molar-refractivity contribution is 4.90. The van der Waals surface area contributed by atoms with E-state index in [1.807, 2.05) is 6.92 Å². The van der Waals surface area contributed by atoms with E-state index in [1.54, 1.807) is 6.92 Å². The number of rotatable bonds is 6. The zero-order valence-corrected chi connectivity index (χ0v) is 9.15. The summed E-state index contributed by atoms with van der Waals surface area (Å²) in [6.07, 6.45) is 2.77. The molecule has 0 spiro atoms. The quantitative estimate of drug-likeness (QED) is 0.702. The normalized spacial score (nSPS) is 22.1. The molecule has 1 N–H and O–H groups in total. The first-order valence-corrected chi connectivity index (χ1v) is 5.61. The van der Waals surface area contributed by atoms with Gasteiger partial charge in [-0.2, -0.15) is 0 Å². The maximum Gasteiger partial charge on any atom is 0.256 e. The van der Waals surface area contributed by atoms with Crippen LogP contribution in [-0.2, 0) is 0 Å². The minimum Gasteiger partial charge on any atom is -0.307 e. The van der Waals surface area contributed by atoms with Gasteiger partial charge < -0.3 is 5.32 Å². The van der Waals surface area contributed by atoms with Crippen LogP contribution in [0.25, 0.3) is 0 Å². The molecule has 0 amide bonds. The van der Waals surface area contributed by atoms with Crippen LogP contribution in [0.1, 0.15) is 46.0 Å². The van der Waals surface area contributed by atoms with Crippen LogP contribution in [0, 0.1) is 5.92 Å². The van der Waals surface area contributed by atoms with Crippen molar-refractivity contribution in [1.82, 2.24) is 5.32 Å². The molecule has 1 aliphatic rings. The van der Waals surface area contributed by atoms with Crippen molar-refractivity contribution < 1.29 is 8.78 Å². The van der Waals surface area contributed by atoms with E-state index < -0.39 is 12.0 Å². The molecular formula is C11H21F2N. The zero-order chi connectivity index (χ0) is 10.6. The minimum atomic E-state index is -2.25. The highest BCUT2D eigenvalue weighted by Crippen LogP contribution is 2.35. The van der Waals surface area contributed by atoms with Crippen LogP contribution in [0.2, 0.25) is 0 Å². The van der Waals surface area contributed by atoms with Crippen molar-refractivity contribution >= 4 is 0 Å². The van der Waals surface area contributed by atoms with E-state index in [0.29, 0.717) is 18.9 Å². The van der Waals surface area contributed by atoms with Gasteiger partial charge in [-0.05, 0) is 32.2 Å². The average Bonchev–Trinajstić information content (AvgIpc) is 2.08. The summed E-state index contributed by atoms with van der Waals surface area (Å²) >= 11 is 0. The Labute approximate surface area is 85.3 Å². The third-order valence-corrected chi connectivity index (χ3v) is 3.20. The molecule has 0 aliphatic heterocycles. The zero-order valence-electron chi connectivity index (χ0n) is 9.15. The van der Waals surface area contributed by atoms with Gasteiger partial charge in [0.1, 0.15) is 0 Å². The molecule has 0 saturated heterocycles. The molecule has 3 heteroatoms. The predicted octanol–water partition coefficient (Wildman–Crippen LogP) is 3.20. The van der Waals surface area contributed by atoms with Gasteiger partial charge >= 0.3 is 0 Å². The summed E-state index contributed by atoms with van der Waals surface area (Å²) in [5.74, 6) is 0.526. The second kappa shape index (κ2) is 5.06. The van der Waals surface area contributed by atoms with Crippen LogP contribution in [0.4, 0.5) is 8.78 Å². The Morgan fingerprint density at radius 2 is 2.07 bits per heavy atom. The van der Waals surface area contributed by atoms with E-state index >= 15 is 0 Å². The SMILES string of the molecule is CCCNC(C)(CC1CCC1)C(F)F. The van der Waals surface area contributed by atoms with Gasteiger partial charge in [-0.15, -0.1) is 0 Å². The Balaban J connectivity index is 2.41. The molecular weight excluding hydrogens is 184 g/mol. The van der Waals surface area contributed by atoms with Gasteiger partial charge in [-0.3, -0.25) is 0 Å². The average molecular weight is 205 g/mol. The van der Waals surface area contributed by atoms with Crippen LogP contribution in [0.5, 0.6) is 0 Å². The number of halogens is 2. The molecule has 1 nitrogen and oxygen atoms in total. The van der Waals surface area contributed by atoms with E-state index in [0.717, 1.165) is 19.3 Å². The molecule has 0 bridgehead atoms. The fraction of sp³-hybridized carbons (Fsp3) is 1.00. The Hall–Kier alpha value is -0.180. The standard InChI is InChI=1S/C11H21F2N/c1-3-7-14-11(2,10(12)13)8-9-5-4-6-9/h9-10,14H,3-8H2,1-2H3. The topological polar surface area (TPSA) is 12.0 Å². The van der Waals surface area contributed by atoms with Gasteiger partial charge in [0.25, 0.3) is 6.43 Å². The van der Waals surface area contributed by atoms with Crippen molar-refractivity contribution in [2.75, 3.05) is 6.54 Å². The molecule has 1 atom stereocenters. The van der Waals surface area contributed by atoms with Crippen molar-refractivity contribution in [1.29, 1.82) is 0 Å². The summed E-state index contributed by atoms with van der Waals surface area (Å²) in [5.41, 5.74) is -0.957. The highest BCUT2D eigenvalue weighted by atomic mass is 19.3. The second-order valence-electron chi connectivity index (χ2n) is 4.65. The molecule has 0 aromatic carbocycles. The molecule has 84 valence electrons. The maximum atomic E-state index is 12.9. The van der Waals surface area contributed by atoms with Crippen molar-refractivity contribution in [2.45, 2.75) is 57.9 Å². The third kappa shape index (κ3) is 2.91. The molecule has 0 aromatic rings. The van der Waals surface area contributed by atoms with Crippen LogP contribution in [-0.4, -0.2) is 18.5 Å². The molecule has 1 fully saturated rings. The van der Waals surface area contributed by atoms with Crippen molar-refractivity contribution in [2.24, 2.45) is 5.92 Å². The van der Waals surface area contributed by atoms with Gasteiger partial charge in [0, 0.05) is 0 Å². The third-order valence-electron chi connectivity index (χ3n) is 3.20. The fourth-order valence-corrected chi connectivity index (χ4v) is 1.95. The lowest BCUT2D eigenvalue weighted by Crippen LogP contribution is -2.50. The fourth-order valence-electron chi connectivity index (χ4n) is 1.95. The predicted molar refractivity (Wildman–Crippen MR) is 54.7 cm³/mol. The first kappa shape index (κ1) is 11.9. The molecule has 1 aliphatic carbocycles. The summed E-state index contributed by atoms with van der Waals surface area (Å²) in [4.78, 5) is 0. The molecule has 14 heavy (non-hydrogen) atoms. The first-order chi connectivity index (χ1) is 6.58. The summed E-state index contributed by atoms with van der Waals surface area (Å²) in [6, 6.07) is 0. The summed E-state index contributed by atoms with van der Waals surface area (Å²) < 4.78 is 25.7. The monoisotopic (exact) mass is 205 g/mol. The van der Waals surface area contributed by atoms with Crippen molar-refractivity contribution in [3.8, 4) is 0 Å². The van der Waals surface area contributed by atoms with E-state index in [-0.39, 0.29) is 0 Å². The Bertz CT molecular complexity index is 169. The van der Waals surface area contributed by atoms with Crippen LogP contribution < -0.4 is 5.32 Å². The van der Waals surface area contributed by atoms with Crippen LogP contribution in [0.3, 0.4) is 0 Å². The molecule has 0 aromatic heterocycles. The molecule has 0 heterocycles. The molecule has 1 saturated carbocycles. The van der Waals surface area contributed by atoms with Gasteiger partial charge in [0.2, 0.25) is 0 Å². The summed E-state index contributed by atoms with van der Waals surface area (Å²) in [6.45, 7) is 4.35. The molecule has 1 unspecified atom stereocenters. The first-order valence-electron chi connectivity index (χ1n) is 5.61. The second-order valence-corrected chi connectivity index (χ2v) is 4.65. The van der Waals surface area contributed by atoms with Crippen molar-refractivity contribution in [3.05, 3.63) is 0 Å². The number of alkyl halides is 2. The molecule has 1 rings (SSSR count). The largest absolute Gasteiger partial charge is 0.307 e. The lowest BCUT2D eigenvalue weighted by Gasteiger charge is -2.37. The van der Waals surface area contributed by atoms with Gasteiger partial charge in [0.15, 0.2) is 0 Å². The highest BCUT2D eigenvalue weighted by Gasteiger charge is 2.37. The van der Waals surface area contributed by atoms with Gasteiger partial charge in [0.05, 0.1) is 5.54 Å². The van der Waals surface area contributed by atoms with E-state index in [4.69, 9.17) is 0 Å². The summed E-state index contributed by atoms with van der Waals surface area (Å²) in [5, 5.41) is 2.99. The van der Waals surface area contributed by atoms with E-state index in [9.17, 15) is 8.78 Å². The van der Waals surface area contributed by atoms with Crippen molar-refractivity contribution in [3.63, 3.8) is 0 Å². The smallest absolute Gasteiger partial charge is 0.256 e. The Kier molecular flexibility index (Phi) is 4.30. The molecule has 0 radical (unpaired) electrons. The number of nitrogens with one attached hydrogen (secondary N) is 1. The Morgan fingerprint density at radius 1 is 1.43 bits per heavy atom. The van der Waals surface area contributed by atoms with Crippen LogP contribution >= 0.6 is 0 Å². The van der Waals surface area contributed by atoms with E-state index in [2.05, 4.69) is 5.32 Å². The minimum absolute atomic E-state index is 0.526. The number of hydrogen-bond donors (Lipinski definition) is 1. The lowest BCUT2D eigenvalue weighted by atomic mass is 9.76. The Morgan fingerprint density at radius 3 is 2.43 bits per heavy atom. The van der Waals surface area contributed by atoms with Gasteiger partial charge in [-0.1, -0.05) is 26.2 Å². The lowest BCUT2D eigenvalue weighted by molar-refractivity contribution is 0.0171.